The minimum absolute atomic E-state index is 0.0334. The fraction of sp³-hybridized carbons (Fsp3) is 0.714. The number of carbonyl (C=O) groups is 2. The zero-order valence-electron chi connectivity index (χ0n) is 8.04. The molecule has 0 aromatic heterocycles. The lowest BCUT2D eigenvalue weighted by molar-refractivity contribution is -0.133. The topological polar surface area (TPSA) is 101 Å². The van der Waals surface area contributed by atoms with E-state index in [9.17, 15) is 18.0 Å². The Kier molecular flexibility index (Phi) is 3.30. The van der Waals surface area contributed by atoms with E-state index < -0.39 is 28.2 Å². The van der Waals surface area contributed by atoms with E-state index >= 15 is 0 Å². The highest BCUT2D eigenvalue weighted by Crippen LogP contribution is 2.16. The van der Waals surface area contributed by atoms with Crippen LogP contribution in [0.4, 0.5) is 4.79 Å². The molecule has 0 spiro atoms. The molecule has 1 fully saturated rings. The summed E-state index contributed by atoms with van der Waals surface area (Å²) >= 11 is 0. The minimum Gasteiger partial charge on any atom is -0.465 e. The standard InChI is InChI=1S/C7H11NO6S/c1-15(12,13)14-5-2-3-8(7(10)11)6(9)4-5/h5H,2-4H2,1H3,(H,10,11). The van der Waals surface area contributed by atoms with E-state index in [2.05, 4.69) is 4.18 Å². The van der Waals surface area contributed by atoms with E-state index in [4.69, 9.17) is 5.11 Å². The molecular weight excluding hydrogens is 226 g/mol. The Morgan fingerprint density at radius 1 is 1.60 bits per heavy atom. The van der Waals surface area contributed by atoms with Gasteiger partial charge in [-0.25, -0.2) is 9.69 Å². The quantitative estimate of drug-likeness (QED) is 0.657. The zero-order valence-corrected chi connectivity index (χ0v) is 8.86. The van der Waals surface area contributed by atoms with Gasteiger partial charge >= 0.3 is 6.09 Å². The molecule has 0 radical (unpaired) electrons. The summed E-state index contributed by atoms with van der Waals surface area (Å²) in [4.78, 5) is 22.4. The largest absolute Gasteiger partial charge is 0.465 e. The number of imide groups is 1. The highest BCUT2D eigenvalue weighted by Gasteiger charge is 2.31. The van der Waals surface area contributed by atoms with Crippen molar-refractivity contribution in [3.05, 3.63) is 0 Å². The van der Waals surface area contributed by atoms with Gasteiger partial charge in [-0.2, -0.15) is 8.42 Å². The van der Waals surface area contributed by atoms with E-state index in [1.807, 2.05) is 0 Å². The van der Waals surface area contributed by atoms with Crippen LogP contribution in [-0.4, -0.2) is 49.3 Å². The Morgan fingerprint density at radius 3 is 2.60 bits per heavy atom. The number of piperidine rings is 1. The molecule has 0 bridgehead atoms. The van der Waals surface area contributed by atoms with Crippen LogP contribution < -0.4 is 0 Å². The van der Waals surface area contributed by atoms with Crippen molar-refractivity contribution >= 4 is 22.1 Å². The third-order valence-corrected chi connectivity index (χ3v) is 2.54. The van der Waals surface area contributed by atoms with Gasteiger partial charge in [-0.3, -0.25) is 8.98 Å². The Balaban J connectivity index is 2.59. The molecule has 1 N–H and O–H groups in total. The normalized spacial score (nSPS) is 22.9. The molecule has 8 heteroatoms. The van der Waals surface area contributed by atoms with Crippen molar-refractivity contribution < 1.29 is 27.3 Å². The van der Waals surface area contributed by atoms with Gasteiger partial charge in [-0.1, -0.05) is 0 Å². The number of nitrogens with zero attached hydrogens (tertiary/aromatic N) is 1. The number of carboxylic acid groups (broad SMARTS) is 1. The van der Waals surface area contributed by atoms with Crippen LogP contribution in [0.1, 0.15) is 12.8 Å². The number of carbonyl (C=O) groups excluding carboxylic acids is 1. The molecule has 15 heavy (non-hydrogen) atoms. The summed E-state index contributed by atoms with van der Waals surface area (Å²) in [6, 6.07) is 0. The molecule has 1 unspecified atom stereocenters. The second-order valence-electron chi connectivity index (χ2n) is 3.24. The van der Waals surface area contributed by atoms with Crippen molar-refractivity contribution in [2.24, 2.45) is 0 Å². The molecule has 1 saturated heterocycles. The molecule has 1 aliphatic heterocycles. The molecule has 1 aliphatic rings. The van der Waals surface area contributed by atoms with Crippen LogP contribution in [-0.2, 0) is 19.1 Å². The van der Waals surface area contributed by atoms with E-state index in [0.29, 0.717) is 4.90 Å². The summed E-state index contributed by atoms with van der Waals surface area (Å²) < 4.78 is 26.1. The predicted molar refractivity (Wildman–Crippen MR) is 48.7 cm³/mol. The molecule has 86 valence electrons. The molecule has 0 aromatic rings. The molecule has 0 saturated carbocycles. The van der Waals surface area contributed by atoms with Gasteiger partial charge in [0.1, 0.15) is 0 Å². The molecule has 0 aliphatic carbocycles. The van der Waals surface area contributed by atoms with Crippen LogP contribution in [0.2, 0.25) is 0 Å². The van der Waals surface area contributed by atoms with Crippen LogP contribution in [0.25, 0.3) is 0 Å². The van der Waals surface area contributed by atoms with Crippen LogP contribution in [0.3, 0.4) is 0 Å². The maximum atomic E-state index is 11.2. The van der Waals surface area contributed by atoms with Crippen molar-refractivity contribution in [2.45, 2.75) is 18.9 Å². The number of amides is 2. The summed E-state index contributed by atoms with van der Waals surface area (Å²) in [5.74, 6) is -0.637. The van der Waals surface area contributed by atoms with Gasteiger partial charge < -0.3 is 5.11 Å². The lowest BCUT2D eigenvalue weighted by Crippen LogP contribution is -2.44. The highest BCUT2D eigenvalue weighted by molar-refractivity contribution is 7.86. The van der Waals surface area contributed by atoms with E-state index in [1.165, 1.54) is 0 Å². The molecular formula is C7H11NO6S. The Hall–Kier alpha value is -1.15. The molecule has 7 nitrogen and oxygen atoms in total. The van der Waals surface area contributed by atoms with E-state index in [0.717, 1.165) is 6.26 Å². The number of hydrogen-bond acceptors (Lipinski definition) is 5. The Bertz CT molecular complexity index is 375. The van der Waals surface area contributed by atoms with Crippen molar-refractivity contribution in [1.82, 2.24) is 4.90 Å². The van der Waals surface area contributed by atoms with Gasteiger partial charge in [0.25, 0.3) is 10.1 Å². The summed E-state index contributed by atoms with van der Waals surface area (Å²) in [5.41, 5.74) is 0. The van der Waals surface area contributed by atoms with Gasteiger partial charge in [0.15, 0.2) is 0 Å². The van der Waals surface area contributed by atoms with Crippen LogP contribution in [0.15, 0.2) is 0 Å². The van der Waals surface area contributed by atoms with Crippen LogP contribution >= 0.6 is 0 Å². The Labute approximate surface area is 86.7 Å². The van der Waals surface area contributed by atoms with Crippen LogP contribution in [0, 0.1) is 0 Å². The van der Waals surface area contributed by atoms with Gasteiger partial charge in [0, 0.05) is 6.54 Å². The average Bonchev–Trinajstić information content (AvgIpc) is 1.99. The highest BCUT2D eigenvalue weighted by atomic mass is 32.2. The maximum absolute atomic E-state index is 11.2. The SMILES string of the molecule is CS(=O)(=O)OC1CCN(C(=O)O)C(=O)C1. The van der Waals surface area contributed by atoms with E-state index in [1.54, 1.807) is 0 Å². The van der Waals surface area contributed by atoms with Crippen LogP contribution in [0.5, 0.6) is 0 Å². The monoisotopic (exact) mass is 237 g/mol. The second-order valence-corrected chi connectivity index (χ2v) is 4.84. The van der Waals surface area contributed by atoms with Crippen molar-refractivity contribution in [1.29, 1.82) is 0 Å². The lowest BCUT2D eigenvalue weighted by Gasteiger charge is -2.27. The van der Waals surface area contributed by atoms with Gasteiger partial charge in [-0.15, -0.1) is 0 Å². The maximum Gasteiger partial charge on any atom is 0.414 e. The zero-order chi connectivity index (χ0) is 11.6. The number of rotatable bonds is 2. The van der Waals surface area contributed by atoms with Crippen molar-refractivity contribution in [3.8, 4) is 0 Å². The summed E-state index contributed by atoms with van der Waals surface area (Å²) in [6.45, 7) is -0.0334. The number of likely N-dealkylation sites (tertiary alicyclic amines) is 1. The molecule has 1 rings (SSSR count). The van der Waals surface area contributed by atoms with Crippen molar-refractivity contribution in [2.75, 3.05) is 12.8 Å². The summed E-state index contributed by atoms with van der Waals surface area (Å²) in [6.07, 6.45) is -1.20. The minimum atomic E-state index is -3.60. The first kappa shape index (κ1) is 11.9. The second kappa shape index (κ2) is 4.15. The Morgan fingerprint density at radius 2 is 2.20 bits per heavy atom. The summed E-state index contributed by atoms with van der Waals surface area (Å²) in [7, 11) is -3.60. The average molecular weight is 237 g/mol. The first-order chi connectivity index (χ1) is 6.79. The molecule has 1 atom stereocenters. The van der Waals surface area contributed by atoms with Gasteiger partial charge in [0.05, 0.1) is 18.8 Å². The molecule has 1 heterocycles. The first-order valence-electron chi connectivity index (χ1n) is 4.21. The lowest BCUT2D eigenvalue weighted by atomic mass is 10.1. The third kappa shape index (κ3) is 3.48. The summed E-state index contributed by atoms with van der Waals surface area (Å²) in [5, 5.41) is 8.57. The first-order valence-corrected chi connectivity index (χ1v) is 6.03. The fourth-order valence-corrected chi connectivity index (χ4v) is 2.00. The fourth-order valence-electron chi connectivity index (χ4n) is 1.34. The van der Waals surface area contributed by atoms with Gasteiger partial charge in [-0.05, 0) is 6.42 Å². The molecule has 2 amide bonds. The predicted octanol–water partition coefficient (Wildman–Crippen LogP) is -0.368. The molecule has 0 aromatic carbocycles. The number of hydrogen-bond donors (Lipinski definition) is 1. The smallest absolute Gasteiger partial charge is 0.414 e. The van der Waals surface area contributed by atoms with Gasteiger partial charge in [0.2, 0.25) is 5.91 Å². The van der Waals surface area contributed by atoms with Crippen molar-refractivity contribution in [3.63, 3.8) is 0 Å². The third-order valence-electron chi connectivity index (χ3n) is 1.92. The van der Waals surface area contributed by atoms with E-state index in [-0.39, 0.29) is 19.4 Å².